The average molecular weight is 340 g/mol. The van der Waals surface area contributed by atoms with Gasteiger partial charge in [0.1, 0.15) is 0 Å². The number of hydrogen-bond donors (Lipinski definition) is 0. The molecule has 6 heteroatoms. The topological polar surface area (TPSA) is 60.1 Å². The number of amides is 1. The number of carbonyl (C=O) groups excluding carboxylic acids is 1. The maximum absolute atomic E-state index is 12.7. The molecule has 1 amide bonds. The van der Waals surface area contributed by atoms with Gasteiger partial charge in [-0.2, -0.15) is 5.10 Å². The summed E-state index contributed by atoms with van der Waals surface area (Å²) in [5.41, 5.74) is 3.24. The summed E-state index contributed by atoms with van der Waals surface area (Å²) >= 11 is 0. The SMILES string of the molecule is Cc1cc(C)n(CCC(=O)N2C[C@H]3C[C@@H](C2)c2cccc(=O)n2C3)n1. The van der Waals surface area contributed by atoms with Crippen LogP contribution in [0, 0.1) is 19.8 Å². The first-order chi connectivity index (χ1) is 12.0. The highest BCUT2D eigenvalue weighted by molar-refractivity contribution is 5.76. The van der Waals surface area contributed by atoms with Crippen LogP contribution < -0.4 is 5.56 Å². The molecule has 2 bridgehead atoms. The van der Waals surface area contributed by atoms with Crippen LogP contribution >= 0.6 is 0 Å². The lowest BCUT2D eigenvalue weighted by Gasteiger charge is -2.42. The highest BCUT2D eigenvalue weighted by Crippen LogP contribution is 2.35. The number of carbonyl (C=O) groups is 1. The highest BCUT2D eigenvalue weighted by Gasteiger charge is 2.35. The van der Waals surface area contributed by atoms with E-state index in [-0.39, 0.29) is 17.4 Å². The van der Waals surface area contributed by atoms with Gasteiger partial charge < -0.3 is 9.47 Å². The molecule has 0 spiro atoms. The fraction of sp³-hybridized carbons (Fsp3) is 0.526. The molecule has 2 aromatic heterocycles. The molecule has 1 saturated heterocycles. The monoisotopic (exact) mass is 340 g/mol. The summed E-state index contributed by atoms with van der Waals surface area (Å²) in [6, 6.07) is 7.52. The minimum atomic E-state index is 0.0801. The number of piperidine rings is 1. The van der Waals surface area contributed by atoms with Crippen LogP contribution in [0.4, 0.5) is 0 Å². The minimum Gasteiger partial charge on any atom is -0.342 e. The number of rotatable bonds is 3. The van der Waals surface area contributed by atoms with Gasteiger partial charge in [-0.25, -0.2) is 0 Å². The second-order valence-corrected chi connectivity index (χ2v) is 7.40. The van der Waals surface area contributed by atoms with Gasteiger partial charge in [0.05, 0.1) is 5.69 Å². The molecule has 2 aliphatic heterocycles. The summed E-state index contributed by atoms with van der Waals surface area (Å²) in [5.74, 6) is 0.844. The summed E-state index contributed by atoms with van der Waals surface area (Å²) < 4.78 is 3.81. The second-order valence-electron chi connectivity index (χ2n) is 7.40. The maximum atomic E-state index is 12.7. The van der Waals surface area contributed by atoms with E-state index in [1.807, 2.05) is 46.2 Å². The third-order valence-electron chi connectivity index (χ3n) is 5.47. The lowest BCUT2D eigenvalue weighted by Crippen LogP contribution is -2.49. The van der Waals surface area contributed by atoms with E-state index in [1.165, 1.54) is 0 Å². The zero-order valence-corrected chi connectivity index (χ0v) is 14.8. The molecule has 132 valence electrons. The molecule has 0 aromatic carbocycles. The molecule has 4 rings (SSSR count). The van der Waals surface area contributed by atoms with Crippen molar-refractivity contribution >= 4 is 5.91 Å². The number of fused-ring (bicyclic) bond motifs is 4. The molecule has 0 unspecified atom stereocenters. The Morgan fingerprint density at radius 1 is 1.24 bits per heavy atom. The lowest BCUT2D eigenvalue weighted by molar-refractivity contribution is -0.134. The molecular formula is C19H24N4O2. The summed E-state index contributed by atoms with van der Waals surface area (Å²) in [7, 11) is 0. The van der Waals surface area contributed by atoms with Crippen LogP contribution in [0.3, 0.4) is 0 Å². The van der Waals surface area contributed by atoms with Gasteiger partial charge >= 0.3 is 0 Å². The number of pyridine rings is 1. The molecule has 0 aliphatic carbocycles. The number of aryl methyl sites for hydroxylation is 3. The molecule has 0 saturated carbocycles. The van der Waals surface area contributed by atoms with Crippen molar-refractivity contribution < 1.29 is 4.79 Å². The van der Waals surface area contributed by atoms with Crippen molar-refractivity contribution in [3.63, 3.8) is 0 Å². The quantitative estimate of drug-likeness (QED) is 0.854. The van der Waals surface area contributed by atoms with E-state index in [1.54, 1.807) is 6.07 Å². The number of likely N-dealkylation sites (tertiary alicyclic amines) is 1. The van der Waals surface area contributed by atoms with Gasteiger partial charge in [-0.3, -0.25) is 14.3 Å². The minimum absolute atomic E-state index is 0.0801. The van der Waals surface area contributed by atoms with Crippen molar-refractivity contribution in [1.82, 2.24) is 19.2 Å². The van der Waals surface area contributed by atoms with Crippen LogP contribution in [-0.2, 0) is 17.9 Å². The van der Waals surface area contributed by atoms with Crippen molar-refractivity contribution in [1.29, 1.82) is 0 Å². The van der Waals surface area contributed by atoms with Gasteiger partial charge in [0.25, 0.3) is 5.56 Å². The molecule has 2 aromatic rings. The summed E-state index contributed by atoms with van der Waals surface area (Å²) in [5, 5.41) is 4.43. The van der Waals surface area contributed by atoms with Crippen molar-refractivity contribution in [2.24, 2.45) is 5.92 Å². The molecule has 4 heterocycles. The van der Waals surface area contributed by atoms with Crippen molar-refractivity contribution in [3.8, 4) is 0 Å². The van der Waals surface area contributed by atoms with E-state index >= 15 is 0 Å². The Kier molecular flexibility index (Phi) is 3.98. The predicted molar refractivity (Wildman–Crippen MR) is 94.4 cm³/mol. The van der Waals surface area contributed by atoms with E-state index in [9.17, 15) is 9.59 Å². The Morgan fingerprint density at radius 2 is 2.08 bits per heavy atom. The van der Waals surface area contributed by atoms with Gasteiger partial charge in [-0.05, 0) is 38.3 Å². The normalized spacial score (nSPS) is 21.9. The third-order valence-corrected chi connectivity index (χ3v) is 5.47. The Labute approximate surface area is 147 Å². The van der Waals surface area contributed by atoms with Crippen molar-refractivity contribution in [2.45, 2.75) is 45.7 Å². The second kappa shape index (κ2) is 6.17. The summed E-state index contributed by atoms with van der Waals surface area (Å²) in [6.07, 6.45) is 1.55. The number of aromatic nitrogens is 3. The molecule has 2 atom stereocenters. The molecule has 1 fully saturated rings. The van der Waals surface area contributed by atoms with Gasteiger partial charge in [0.15, 0.2) is 0 Å². The summed E-state index contributed by atoms with van der Waals surface area (Å²) in [6.45, 7) is 6.82. The number of hydrogen-bond acceptors (Lipinski definition) is 3. The molecule has 0 N–H and O–H groups in total. The molecule has 2 aliphatic rings. The largest absolute Gasteiger partial charge is 0.342 e. The summed E-state index contributed by atoms with van der Waals surface area (Å²) in [4.78, 5) is 26.8. The fourth-order valence-electron chi connectivity index (χ4n) is 4.36. The molecule has 6 nitrogen and oxygen atoms in total. The smallest absolute Gasteiger partial charge is 0.250 e. The van der Waals surface area contributed by atoms with E-state index in [0.29, 0.717) is 18.9 Å². The Balaban J connectivity index is 1.45. The van der Waals surface area contributed by atoms with Crippen LogP contribution in [0.5, 0.6) is 0 Å². The van der Waals surface area contributed by atoms with Gasteiger partial charge in [-0.1, -0.05) is 6.07 Å². The standard InChI is InChI=1S/C19H24N4O2/c1-13-8-14(2)23(20-13)7-6-18(24)21-10-15-9-16(12-21)17-4-3-5-19(25)22(17)11-15/h3-5,8,15-16H,6-7,9-12H2,1-2H3/t15-,16+/m1/s1. The van der Waals surface area contributed by atoms with Crippen LogP contribution in [0.25, 0.3) is 0 Å². The third kappa shape index (κ3) is 3.01. The Morgan fingerprint density at radius 3 is 2.84 bits per heavy atom. The fourth-order valence-corrected chi connectivity index (χ4v) is 4.36. The zero-order valence-electron chi connectivity index (χ0n) is 14.8. The van der Waals surface area contributed by atoms with Crippen LogP contribution in [0.2, 0.25) is 0 Å². The highest BCUT2D eigenvalue weighted by atomic mass is 16.2. The zero-order chi connectivity index (χ0) is 17.6. The van der Waals surface area contributed by atoms with Crippen LogP contribution in [0.15, 0.2) is 29.1 Å². The first-order valence-electron chi connectivity index (χ1n) is 9.00. The van der Waals surface area contributed by atoms with E-state index < -0.39 is 0 Å². The van der Waals surface area contributed by atoms with Gasteiger partial charge in [0.2, 0.25) is 5.91 Å². The van der Waals surface area contributed by atoms with Crippen molar-refractivity contribution in [3.05, 3.63) is 51.7 Å². The molecular weight excluding hydrogens is 316 g/mol. The van der Waals surface area contributed by atoms with Crippen molar-refractivity contribution in [2.75, 3.05) is 13.1 Å². The first-order valence-corrected chi connectivity index (χ1v) is 9.00. The maximum Gasteiger partial charge on any atom is 0.250 e. The van der Waals surface area contributed by atoms with E-state index in [2.05, 4.69) is 5.10 Å². The first kappa shape index (κ1) is 16.1. The number of nitrogens with zero attached hydrogens (tertiary/aromatic N) is 4. The van der Waals surface area contributed by atoms with Gasteiger partial charge in [0, 0.05) is 56.0 Å². The van der Waals surface area contributed by atoms with Gasteiger partial charge in [-0.15, -0.1) is 0 Å². The predicted octanol–water partition coefficient (Wildman–Crippen LogP) is 1.70. The lowest BCUT2D eigenvalue weighted by atomic mass is 9.83. The van der Waals surface area contributed by atoms with E-state index in [0.717, 1.165) is 43.1 Å². The Bertz CT molecular complexity index is 867. The average Bonchev–Trinajstić information content (AvgIpc) is 2.91. The molecule has 0 radical (unpaired) electrons. The molecule has 25 heavy (non-hydrogen) atoms. The van der Waals surface area contributed by atoms with Crippen LogP contribution in [0.1, 0.15) is 35.8 Å². The van der Waals surface area contributed by atoms with E-state index in [4.69, 9.17) is 0 Å². The Hall–Kier alpha value is -2.37. The van der Waals surface area contributed by atoms with Crippen LogP contribution in [-0.4, -0.2) is 38.2 Å².